The number of nitrogens with zero attached hydrogens (tertiary/aromatic N) is 11. The number of pyridine rings is 3. The number of nitrogens with one attached hydrogen (secondary N) is 3. The van der Waals surface area contributed by atoms with Gasteiger partial charge in [0, 0.05) is 48.1 Å². The average Bonchev–Trinajstić information content (AvgIpc) is 4.00. The first-order valence-electron chi connectivity index (χ1n) is 25.8. The number of quaternary nitrogens is 3. The molecule has 436 valence electrons. The predicted octanol–water partition coefficient (Wildman–Crippen LogP) is -2.15. The highest BCUT2D eigenvalue weighted by Crippen LogP contribution is 2.32. The summed E-state index contributed by atoms with van der Waals surface area (Å²) in [6, 6.07) is 22.9. The highest BCUT2D eigenvalue weighted by Gasteiger charge is 2.20. The van der Waals surface area contributed by atoms with Gasteiger partial charge in [-0.15, -0.1) is 10.2 Å². The molecule has 9 rings (SSSR count). The van der Waals surface area contributed by atoms with Crippen LogP contribution in [-0.2, 0) is 9.59 Å². The second-order valence-electron chi connectivity index (χ2n) is 22.4. The maximum Gasteiger partial charge on any atom is 0.183 e. The molecule has 81 heavy (non-hydrogen) atoms. The van der Waals surface area contributed by atoms with E-state index in [4.69, 9.17) is 32.3 Å². The van der Waals surface area contributed by atoms with Crippen LogP contribution in [0.1, 0.15) is 25.0 Å². The summed E-state index contributed by atoms with van der Waals surface area (Å²) in [7, 11) is 19.4. The number of rotatable bonds is 14. The molecule has 2 aliphatic carbocycles. The topological polar surface area (TPSA) is 245 Å². The molecule has 0 radical (unpaired) electrons. The number of fused-ring (bicyclic) bond motifs is 3. The molecule has 0 amide bonds. The minimum Gasteiger partial charge on any atom is -1.00 e. The van der Waals surface area contributed by atoms with E-state index in [2.05, 4.69) is 108 Å². The number of aromatic hydroxyl groups is 1. The van der Waals surface area contributed by atoms with Crippen LogP contribution >= 0.6 is 0 Å². The number of ketones is 2. The molecule has 0 saturated heterocycles. The number of likely N-dealkylation sites (N-methyl/N-ethyl adjacent to an activating group) is 3. The van der Waals surface area contributed by atoms with Crippen LogP contribution in [0, 0.1) is 13.8 Å². The lowest BCUT2D eigenvalue weighted by Gasteiger charge is -2.23. The Hall–Kier alpha value is -7.72. The number of carbonyl (C=O) groups is 2. The van der Waals surface area contributed by atoms with Crippen molar-refractivity contribution >= 4 is 74.1 Å². The number of phenolic OH excluding ortho intramolecular Hbond substituents is 1. The largest absolute Gasteiger partial charge is 1.00 e. The number of aryl methyl sites for hydroxylation is 2. The summed E-state index contributed by atoms with van der Waals surface area (Å²) < 4.78 is 8.16. The van der Waals surface area contributed by atoms with Crippen molar-refractivity contribution in [2.24, 2.45) is 21.5 Å². The molecular formula is C58H80Cl3N17O3. The fourth-order valence-corrected chi connectivity index (χ4v) is 7.69. The third-order valence-electron chi connectivity index (χ3n) is 12.4. The minimum absolute atomic E-state index is 0. The van der Waals surface area contributed by atoms with Gasteiger partial charge < -0.3 is 88.9 Å². The predicted molar refractivity (Wildman–Crippen MR) is 318 cm³/mol. The van der Waals surface area contributed by atoms with Crippen LogP contribution in [0.5, 0.6) is 5.75 Å². The first-order chi connectivity index (χ1) is 36.7. The van der Waals surface area contributed by atoms with Crippen LogP contribution in [0.15, 0.2) is 148 Å². The molecule has 0 bridgehead atoms. The third kappa shape index (κ3) is 19.5. The van der Waals surface area contributed by atoms with Gasteiger partial charge in [0.2, 0.25) is 0 Å². The molecule has 0 unspecified atom stereocenters. The summed E-state index contributed by atoms with van der Waals surface area (Å²) in [5.41, 5.74) is 27.6. The van der Waals surface area contributed by atoms with Crippen LogP contribution in [-0.4, -0.2) is 173 Å². The van der Waals surface area contributed by atoms with Crippen LogP contribution in [0.4, 0.5) is 34.5 Å². The zero-order valence-electron chi connectivity index (χ0n) is 48.8. The van der Waals surface area contributed by atoms with E-state index in [1.807, 2.05) is 78.6 Å². The van der Waals surface area contributed by atoms with Gasteiger partial charge in [0.05, 0.1) is 142 Å². The normalized spacial score (nSPS) is 14.3. The number of hydrogen-bond acceptors (Lipinski definition) is 14. The molecular weight excluding hydrogens is 1090 g/mol. The van der Waals surface area contributed by atoms with Gasteiger partial charge in [-0.2, -0.15) is 5.10 Å². The van der Waals surface area contributed by atoms with E-state index in [1.54, 1.807) is 47.2 Å². The summed E-state index contributed by atoms with van der Waals surface area (Å²) in [5, 5.41) is 32.9. The number of phenols is 1. The van der Waals surface area contributed by atoms with Gasteiger partial charge in [-0.25, -0.2) is 23.5 Å². The summed E-state index contributed by atoms with van der Waals surface area (Å²) in [5.74, 6) is 2.49. The van der Waals surface area contributed by atoms with Crippen molar-refractivity contribution in [2.45, 2.75) is 27.7 Å². The van der Waals surface area contributed by atoms with Crippen molar-refractivity contribution in [3.05, 3.63) is 149 Å². The number of hydrogen-bond donors (Lipinski definition) is 7. The maximum atomic E-state index is 11.8. The van der Waals surface area contributed by atoms with E-state index in [-0.39, 0.29) is 54.5 Å². The molecule has 2 aliphatic rings. The molecule has 1 aromatic carbocycles. The van der Waals surface area contributed by atoms with E-state index < -0.39 is 0 Å². The van der Waals surface area contributed by atoms with Crippen LogP contribution in [0.25, 0.3) is 16.6 Å². The van der Waals surface area contributed by atoms with E-state index in [1.165, 1.54) is 29.3 Å². The quantitative estimate of drug-likeness (QED) is 0.0351. The van der Waals surface area contributed by atoms with Crippen molar-refractivity contribution in [1.82, 2.24) is 28.8 Å². The Bertz CT molecular complexity index is 3340. The van der Waals surface area contributed by atoms with E-state index >= 15 is 0 Å². The van der Waals surface area contributed by atoms with Crippen LogP contribution in [0.2, 0.25) is 0 Å². The second-order valence-corrected chi connectivity index (χ2v) is 22.4. The Balaban J connectivity index is 0.000000296. The van der Waals surface area contributed by atoms with Gasteiger partial charge in [-0.3, -0.25) is 9.59 Å². The van der Waals surface area contributed by atoms with Gasteiger partial charge in [0.1, 0.15) is 17.1 Å². The molecule has 20 nitrogen and oxygen atoms in total. The van der Waals surface area contributed by atoms with Gasteiger partial charge in [0.25, 0.3) is 0 Å². The summed E-state index contributed by atoms with van der Waals surface area (Å²) in [4.78, 5) is 33.0. The third-order valence-corrected chi connectivity index (χ3v) is 12.4. The van der Waals surface area contributed by atoms with Crippen molar-refractivity contribution in [3.63, 3.8) is 0 Å². The fraction of sp³-hybridized carbons (Fsp3) is 0.328. The summed E-state index contributed by atoms with van der Waals surface area (Å²) >= 11 is 0. The number of carbonyl (C=O) groups excluding carboxylic acids is 2. The Morgan fingerprint density at radius 2 is 0.864 bits per heavy atom. The molecule has 0 spiro atoms. The lowest BCUT2D eigenvalue weighted by Crippen LogP contribution is -3.00. The molecule has 0 aliphatic heterocycles. The molecule has 6 heterocycles. The molecule has 6 aromatic heterocycles. The Kier molecular flexibility index (Phi) is 24.3. The summed E-state index contributed by atoms with van der Waals surface area (Å²) in [6.45, 7) is 12.9. The van der Waals surface area contributed by atoms with Crippen LogP contribution < -0.4 is 70.4 Å². The van der Waals surface area contributed by atoms with E-state index in [0.29, 0.717) is 51.3 Å². The second kappa shape index (κ2) is 29.1. The molecule has 7 aromatic rings. The van der Waals surface area contributed by atoms with Crippen molar-refractivity contribution < 1.29 is 65.4 Å². The molecule has 0 fully saturated rings. The smallest absolute Gasteiger partial charge is 0.183 e. The number of halogens is 3. The average molecular weight is 1170 g/mol. The van der Waals surface area contributed by atoms with Crippen LogP contribution in [0.3, 0.4) is 0 Å². The molecule has 0 atom stereocenters. The van der Waals surface area contributed by atoms with Gasteiger partial charge in [-0.1, -0.05) is 24.3 Å². The first kappa shape index (κ1) is 67.6. The van der Waals surface area contributed by atoms with Crippen molar-refractivity contribution in [2.75, 3.05) is 124 Å². The zero-order chi connectivity index (χ0) is 57.1. The Morgan fingerprint density at radius 1 is 0.506 bits per heavy atom. The number of nitrogens with two attached hydrogens (primary N) is 3. The fourth-order valence-electron chi connectivity index (χ4n) is 7.69. The van der Waals surface area contributed by atoms with Gasteiger partial charge >= 0.3 is 0 Å². The number of benzene rings is 1. The number of allylic oxidation sites excluding steroid dienone is 6. The number of nitrogen functional groups attached to an aromatic ring is 1. The lowest BCUT2D eigenvalue weighted by molar-refractivity contribution is -0.868. The van der Waals surface area contributed by atoms with Crippen molar-refractivity contribution in [3.8, 4) is 5.75 Å². The molecule has 10 N–H and O–H groups in total. The molecule has 0 saturated carbocycles. The number of aromatic nitrogens is 6. The monoisotopic (exact) mass is 1170 g/mol. The zero-order valence-corrected chi connectivity index (χ0v) is 51.0. The van der Waals surface area contributed by atoms with Gasteiger partial charge in [0.15, 0.2) is 29.0 Å². The number of anilines is 4. The minimum atomic E-state index is -0.0809. The highest BCUT2D eigenvalue weighted by molar-refractivity contribution is 6.23. The Morgan fingerprint density at radius 3 is 1.22 bits per heavy atom. The lowest BCUT2D eigenvalue weighted by atomic mass is 10.0. The standard InChI is InChI=1S/2C19H24N6O.C13H21N4.C7H9NO.3ClH/c2*1-13-11-15(14(20)12-17(13)26)22-18-16-7-5-6-9-24(16)23-19(18)21-8-10-25(2,3)4;1-11-12-7-5-6-9-16(12)15-13(11)14-8-10-17(2,3)4;1-5-2-3-6(8)4-7(5)9;;;/h2*5-7,9,11-12H,8,10H2,1-4H3,(H2-,20,21,23,26);5-7,9H,8,10H2,1-4H3,(H,14,15);2-4,9H,8H2,1H3;3*1H/q;;+1;;;;/p-1. The summed E-state index contributed by atoms with van der Waals surface area (Å²) in [6.07, 6.45) is 12.0. The maximum absolute atomic E-state index is 11.8. The van der Waals surface area contributed by atoms with E-state index in [0.717, 1.165) is 86.5 Å². The van der Waals surface area contributed by atoms with E-state index in [9.17, 15) is 9.59 Å². The first-order valence-corrected chi connectivity index (χ1v) is 25.8. The highest BCUT2D eigenvalue weighted by atomic mass is 35.5. The SMILES string of the molecule is CC1=CC(=Nc2c(NCC[N+](C)(C)C)nn3ccccc23)C(N)=CC1=O.CC1=CC(=Nc2c(NCC[N+](C)(C)C)nn3ccccc23)C(N)=CC1=O.Cc1c(NCC[N+](C)(C)C)nn2ccccc12.Cc1ccc(N)cc1O.[Cl-].[Cl-].[Cl-]. The Labute approximate surface area is 494 Å². The van der Waals surface area contributed by atoms with Gasteiger partial charge in [-0.05, 0) is 99.0 Å². The van der Waals surface area contributed by atoms with Crippen molar-refractivity contribution in [1.29, 1.82) is 0 Å². The molecule has 23 heteroatoms. The number of aliphatic imine (C=N–C) groups is 2.